The molecule has 0 aliphatic carbocycles. The number of nitrogens with zero attached hydrogens (tertiary/aromatic N) is 7. The monoisotopic (exact) mass is 378 g/mol. The highest BCUT2D eigenvalue weighted by molar-refractivity contribution is 6.38. The van der Waals surface area contributed by atoms with E-state index in [0.717, 1.165) is 0 Å². The summed E-state index contributed by atoms with van der Waals surface area (Å²) in [5.41, 5.74) is 7.99. The van der Waals surface area contributed by atoms with E-state index in [4.69, 9.17) is 28.9 Å². The lowest BCUT2D eigenvalue weighted by molar-refractivity contribution is 0.306. The summed E-state index contributed by atoms with van der Waals surface area (Å²) < 4.78 is 5.98. The Balaban J connectivity index is 1.88. The van der Waals surface area contributed by atoms with Crippen LogP contribution in [0.3, 0.4) is 0 Å². The van der Waals surface area contributed by atoms with Crippen LogP contribution in [0.4, 0.5) is 5.82 Å². The first-order valence-electron chi connectivity index (χ1n) is 7.01. The van der Waals surface area contributed by atoms with Crippen molar-refractivity contribution >= 4 is 40.9 Å². The van der Waals surface area contributed by atoms with E-state index in [9.17, 15) is 0 Å². The highest BCUT2D eigenvalue weighted by atomic mass is 35.5. The Hall–Kier alpha value is -2.78. The number of nitrogens with two attached hydrogens (primary N) is 1. The van der Waals surface area contributed by atoms with Gasteiger partial charge < -0.3 is 5.73 Å². The Morgan fingerprint density at radius 1 is 1.28 bits per heavy atom. The number of aromatic nitrogens is 5. The normalized spacial score (nSPS) is 12.2. The minimum Gasteiger partial charge on any atom is -0.378 e. The van der Waals surface area contributed by atoms with Crippen molar-refractivity contribution in [2.45, 2.75) is 13.8 Å². The van der Waals surface area contributed by atoms with Gasteiger partial charge in [-0.25, -0.2) is 4.63 Å². The van der Waals surface area contributed by atoms with Crippen LogP contribution in [-0.2, 0) is 0 Å². The molecule has 0 radical (unpaired) electrons. The molecule has 11 heteroatoms. The summed E-state index contributed by atoms with van der Waals surface area (Å²) in [4.78, 5) is 0. The Kier molecular flexibility index (Phi) is 4.77. The van der Waals surface area contributed by atoms with E-state index in [1.807, 2.05) is 0 Å². The number of nitrogen functional groups attached to an aromatic ring is 1. The first-order chi connectivity index (χ1) is 12.0. The van der Waals surface area contributed by atoms with Gasteiger partial charge in [-0.3, -0.25) is 0 Å². The molecule has 1 aromatic carbocycles. The number of hydrogen-bond donors (Lipinski definition) is 1. The average Bonchev–Trinajstić information content (AvgIpc) is 3.15. The van der Waals surface area contributed by atoms with Crippen molar-refractivity contribution < 1.29 is 4.63 Å². The zero-order valence-corrected chi connectivity index (χ0v) is 14.7. The van der Waals surface area contributed by atoms with Crippen molar-refractivity contribution in [3.05, 3.63) is 45.2 Å². The Bertz CT molecular complexity index is 955. The lowest BCUT2D eigenvalue weighted by Crippen LogP contribution is -2.04. The topological polar surface area (TPSA) is 120 Å². The van der Waals surface area contributed by atoms with Gasteiger partial charge in [0, 0.05) is 5.56 Å². The summed E-state index contributed by atoms with van der Waals surface area (Å²) in [5, 5.41) is 24.4. The van der Waals surface area contributed by atoms with Crippen LogP contribution >= 0.6 is 23.2 Å². The third kappa shape index (κ3) is 3.37. The molecule has 0 saturated heterocycles. The molecule has 0 bridgehead atoms. The number of benzene rings is 1. The van der Waals surface area contributed by atoms with E-state index >= 15 is 0 Å². The fourth-order valence-electron chi connectivity index (χ4n) is 2.06. The summed E-state index contributed by atoms with van der Waals surface area (Å²) in [5.74, 6) is 0.371. The van der Waals surface area contributed by atoms with Gasteiger partial charge in [0.15, 0.2) is 0 Å². The summed E-state index contributed by atoms with van der Waals surface area (Å²) in [6.45, 7) is 3.54. The van der Waals surface area contributed by atoms with Gasteiger partial charge in [0.2, 0.25) is 11.6 Å². The molecule has 0 spiro atoms. The second-order valence-electron chi connectivity index (χ2n) is 4.97. The molecule has 2 aromatic heterocycles. The van der Waals surface area contributed by atoms with Gasteiger partial charge in [0.25, 0.3) is 0 Å². The second-order valence-corrected chi connectivity index (χ2v) is 5.79. The summed E-state index contributed by atoms with van der Waals surface area (Å²) in [6, 6.07) is 5.19. The van der Waals surface area contributed by atoms with Gasteiger partial charge in [-0.1, -0.05) is 34.5 Å². The predicted octanol–water partition coefficient (Wildman–Crippen LogP) is 2.69. The van der Waals surface area contributed by atoms with E-state index in [1.54, 1.807) is 32.0 Å². The van der Waals surface area contributed by atoms with Crippen molar-refractivity contribution in [3.8, 4) is 5.82 Å². The predicted molar refractivity (Wildman–Crippen MR) is 94.6 cm³/mol. The van der Waals surface area contributed by atoms with Crippen molar-refractivity contribution in [3.63, 3.8) is 0 Å². The lowest BCUT2D eigenvalue weighted by atomic mass is 10.2. The molecule has 0 atom stereocenters. The fraction of sp³-hybridized carbons (Fsp3) is 0.143. The van der Waals surface area contributed by atoms with Gasteiger partial charge in [-0.2, -0.15) is 14.9 Å². The van der Waals surface area contributed by atoms with Crippen LogP contribution in [-0.4, -0.2) is 37.2 Å². The molecule has 3 aromatic rings. The SMILES string of the molecule is C/C(=N/N=C\c1c(Cl)cccc1Cl)c1nnn(-c2nonc2N)c1C. The van der Waals surface area contributed by atoms with Crippen LogP contribution in [0.5, 0.6) is 0 Å². The summed E-state index contributed by atoms with van der Waals surface area (Å²) in [7, 11) is 0. The molecule has 0 saturated carbocycles. The molecular weight excluding hydrogens is 367 g/mol. The Labute approximate surface area is 152 Å². The Morgan fingerprint density at radius 3 is 2.64 bits per heavy atom. The minimum atomic E-state index is 0.112. The minimum absolute atomic E-state index is 0.112. The summed E-state index contributed by atoms with van der Waals surface area (Å²) in [6.07, 6.45) is 1.48. The largest absolute Gasteiger partial charge is 0.378 e. The van der Waals surface area contributed by atoms with Crippen molar-refractivity contribution in [2.24, 2.45) is 10.2 Å². The van der Waals surface area contributed by atoms with Gasteiger partial charge in [0.1, 0.15) is 5.69 Å². The molecule has 2 heterocycles. The van der Waals surface area contributed by atoms with Gasteiger partial charge >= 0.3 is 0 Å². The number of halogens is 2. The number of rotatable bonds is 4. The molecular formula is C14H12Cl2N8O. The lowest BCUT2D eigenvalue weighted by Gasteiger charge is -2.00. The van der Waals surface area contributed by atoms with Crippen molar-refractivity contribution in [1.29, 1.82) is 0 Å². The fourth-order valence-corrected chi connectivity index (χ4v) is 2.55. The molecule has 0 aliphatic heterocycles. The third-order valence-corrected chi connectivity index (χ3v) is 3.99. The molecule has 0 aliphatic rings. The van der Waals surface area contributed by atoms with Crippen LogP contribution in [0, 0.1) is 6.92 Å². The van der Waals surface area contributed by atoms with Gasteiger partial charge in [0.05, 0.1) is 27.7 Å². The zero-order valence-electron chi connectivity index (χ0n) is 13.2. The van der Waals surface area contributed by atoms with Crippen LogP contribution in [0.1, 0.15) is 23.9 Å². The maximum atomic E-state index is 6.08. The zero-order chi connectivity index (χ0) is 18.0. The standard InChI is InChI=1S/C14H12Cl2N8O/c1-7(19-18-6-9-10(15)4-3-5-11(9)16)12-8(2)24(23-20-12)14-13(17)21-25-22-14/h3-6H,1-2H3,(H2,17,21)/b18-6-,19-7-. The van der Waals surface area contributed by atoms with Gasteiger partial charge in [-0.15, -0.1) is 5.10 Å². The van der Waals surface area contributed by atoms with Gasteiger partial charge in [-0.05, 0) is 36.3 Å². The van der Waals surface area contributed by atoms with Crippen LogP contribution < -0.4 is 5.73 Å². The second kappa shape index (κ2) is 6.99. The maximum Gasteiger partial charge on any atom is 0.243 e. The van der Waals surface area contributed by atoms with E-state index in [1.165, 1.54) is 10.9 Å². The highest BCUT2D eigenvalue weighted by Gasteiger charge is 2.17. The average molecular weight is 379 g/mol. The molecule has 0 unspecified atom stereocenters. The Morgan fingerprint density at radius 2 is 2.00 bits per heavy atom. The molecule has 2 N–H and O–H groups in total. The van der Waals surface area contributed by atoms with Crippen molar-refractivity contribution in [2.75, 3.05) is 5.73 Å². The highest BCUT2D eigenvalue weighted by Crippen LogP contribution is 2.22. The van der Waals surface area contributed by atoms with E-state index in [-0.39, 0.29) is 11.6 Å². The third-order valence-electron chi connectivity index (χ3n) is 3.33. The smallest absolute Gasteiger partial charge is 0.243 e. The van der Waals surface area contributed by atoms with Crippen molar-refractivity contribution in [1.82, 2.24) is 25.3 Å². The first-order valence-corrected chi connectivity index (χ1v) is 7.77. The molecule has 0 amide bonds. The summed E-state index contributed by atoms with van der Waals surface area (Å²) >= 11 is 12.2. The number of anilines is 1. The maximum absolute atomic E-state index is 6.08. The molecule has 25 heavy (non-hydrogen) atoms. The van der Waals surface area contributed by atoms with E-state index < -0.39 is 0 Å². The van der Waals surface area contributed by atoms with Crippen LogP contribution in [0.15, 0.2) is 33.0 Å². The molecule has 0 fully saturated rings. The quantitative estimate of drug-likeness (QED) is 0.550. The van der Waals surface area contributed by atoms with Crippen LogP contribution in [0.2, 0.25) is 10.0 Å². The molecule has 3 rings (SSSR count). The number of hydrogen-bond acceptors (Lipinski definition) is 8. The molecule has 9 nitrogen and oxygen atoms in total. The molecule has 128 valence electrons. The first kappa shape index (κ1) is 17.1. The van der Waals surface area contributed by atoms with Crippen LogP contribution in [0.25, 0.3) is 5.82 Å². The van der Waals surface area contributed by atoms with E-state index in [2.05, 4.69) is 35.5 Å². The van der Waals surface area contributed by atoms with E-state index in [0.29, 0.717) is 32.7 Å².